The highest BCUT2D eigenvalue weighted by Gasteiger charge is 2.22. The Morgan fingerprint density at radius 3 is 2.50 bits per heavy atom. The van der Waals surface area contributed by atoms with Gasteiger partial charge in [0.05, 0.1) is 0 Å². The fourth-order valence-corrected chi connectivity index (χ4v) is 3.02. The number of benzene rings is 1. The smallest absolute Gasteiger partial charge is 0.126 e. The number of nitrogens with zero attached hydrogens (tertiary/aromatic N) is 2. The van der Waals surface area contributed by atoms with Crippen LogP contribution in [0, 0.1) is 0 Å². The van der Waals surface area contributed by atoms with Gasteiger partial charge in [-0.25, -0.2) is 4.98 Å². The van der Waals surface area contributed by atoms with E-state index in [1.165, 1.54) is 24.0 Å². The standard InChI is InChI=1S/C17H21N3/c18-17-16(7-4-10-19-17)15-8-11-20(12-9-15)13-14-5-2-1-3-6-14/h1-7,10,15H,8-9,11-13H2,(H2,18,19). The first-order valence-electron chi connectivity index (χ1n) is 7.29. The first kappa shape index (κ1) is 13.1. The van der Waals surface area contributed by atoms with Crippen molar-refractivity contribution in [3.8, 4) is 0 Å². The van der Waals surface area contributed by atoms with E-state index in [1.807, 2.05) is 6.07 Å². The van der Waals surface area contributed by atoms with E-state index >= 15 is 0 Å². The third-order valence-electron chi connectivity index (χ3n) is 4.15. The maximum Gasteiger partial charge on any atom is 0.126 e. The SMILES string of the molecule is Nc1ncccc1C1CCN(Cc2ccccc2)CC1. The van der Waals surface area contributed by atoms with Gasteiger partial charge in [-0.3, -0.25) is 4.90 Å². The number of pyridine rings is 1. The zero-order valence-electron chi connectivity index (χ0n) is 11.7. The molecule has 0 unspecified atom stereocenters. The Morgan fingerprint density at radius 1 is 1.05 bits per heavy atom. The summed E-state index contributed by atoms with van der Waals surface area (Å²) in [7, 11) is 0. The highest BCUT2D eigenvalue weighted by molar-refractivity contribution is 5.41. The maximum absolute atomic E-state index is 5.98. The molecule has 3 heteroatoms. The third-order valence-corrected chi connectivity index (χ3v) is 4.15. The predicted molar refractivity (Wildman–Crippen MR) is 82.3 cm³/mol. The van der Waals surface area contributed by atoms with Gasteiger partial charge >= 0.3 is 0 Å². The third kappa shape index (κ3) is 2.99. The van der Waals surface area contributed by atoms with Crippen molar-refractivity contribution in [3.05, 3.63) is 59.8 Å². The summed E-state index contributed by atoms with van der Waals surface area (Å²) in [6.45, 7) is 3.32. The maximum atomic E-state index is 5.98. The van der Waals surface area contributed by atoms with E-state index in [4.69, 9.17) is 5.73 Å². The second-order valence-corrected chi connectivity index (χ2v) is 5.51. The molecule has 0 saturated carbocycles. The summed E-state index contributed by atoms with van der Waals surface area (Å²) < 4.78 is 0. The minimum absolute atomic E-state index is 0.565. The van der Waals surface area contributed by atoms with Crippen LogP contribution in [-0.4, -0.2) is 23.0 Å². The molecular weight excluding hydrogens is 246 g/mol. The highest BCUT2D eigenvalue weighted by atomic mass is 15.1. The molecule has 0 spiro atoms. The van der Waals surface area contributed by atoms with E-state index in [0.29, 0.717) is 11.7 Å². The molecule has 3 rings (SSSR count). The lowest BCUT2D eigenvalue weighted by molar-refractivity contribution is 0.205. The van der Waals surface area contributed by atoms with Crippen molar-refractivity contribution in [1.82, 2.24) is 9.88 Å². The summed E-state index contributed by atoms with van der Waals surface area (Å²) in [6, 6.07) is 14.8. The van der Waals surface area contributed by atoms with Crippen LogP contribution in [0.3, 0.4) is 0 Å². The van der Waals surface area contributed by atoms with Crippen LogP contribution in [0.15, 0.2) is 48.7 Å². The average molecular weight is 267 g/mol. The molecule has 3 nitrogen and oxygen atoms in total. The summed E-state index contributed by atoms with van der Waals surface area (Å²) >= 11 is 0. The fraction of sp³-hybridized carbons (Fsp3) is 0.353. The zero-order chi connectivity index (χ0) is 13.8. The number of aromatic nitrogens is 1. The van der Waals surface area contributed by atoms with E-state index in [2.05, 4.69) is 46.3 Å². The second-order valence-electron chi connectivity index (χ2n) is 5.51. The molecule has 0 bridgehead atoms. The minimum atomic E-state index is 0.565. The fourth-order valence-electron chi connectivity index (χ4n) is 3.02. The molecule has 1 aromatic carbocycles. The van der Waals surface area contributed by atoms with Crippen molar-refractivity contribution < 1.29 is 0 Å². The Balaban J connectivity index is 1.59. The van der Waals surface area contributed by atoms with Crippen LogP contribution in [0.5, 0.6) is 0 Å². The van der Waals surface area contributed by atoms with E-state index in [1.54, 1.807) is 6.20 Å². The Bertz CT molecular complexity index is 545. The van der Waals surface area contributed by atoms with Crippen molar-refractivity contribution in [1.29, 1.82) is 0 Å². The first-order chi connectivity index (χ1) is 9.83. The molecule has 1 aliphatic rings. The lowest BCUT2D eigenvalue weighted by atomic mass is 9.89. The first-order valence-corrected chi connectivity index (χ1v) is 7.29. The van der Waals surface area contributed by atoms with E-state index in [0.717, 1.165) is 19.6 Å². The van der Waals surface area contributed by atoms with Crippen molar-refractivity contribution in [2.75, 3.05) is 18.8 Å². The average Bonchev–Trinajstić information content (AvgIpc) is 2.50. The molecule has 1 aromatic heterocycles. The molecule has 2 aromatic rings. The monoisotopic (exact) mass is 267 g/mol. The second kappa shape index (κ2) is 6.06. The predicted octanol–water partition coefficient (Wildman–Crippen LogP) is 3.04. The lowest BCUT2D eigenvalue weighted by Crippen LogP contribution is -2.32. The van der Waals surface area contributed by atoms with Gasteiger partial charge in [0.1, 0.15) is 5.82 Å². The van der Waals surface area contributed by atoms with Gasteiger partial charge < -0.3 is 5.73 Å². The number of anilines is 1. The van der Waals surface area contributed by atoms with Gasteiger partial charge in [0.15, 0.2) is 0 Å². The van der Waals surface area contributed by atoms with Gasteiger partial charge in [-0.2, -0.15) is 0 Å². The van der Waals surface area contributed by atoms with Gasteiger partial charge in [0, 0.05) is 12.7 Å². The van der Waals surface area contributed by atoms with E-state index in [9.17, 15) is 0 Å². The number of nitrogen functional groups attached to an aromatic ring is 1. The number of rotatable bonds is 3. The van der Waals surface area contributed by atoms with Gasteiger partial charge in [0.25, 0.3) is 0 Å². The van der Waals surface area contributed by atoms with E-state index in [-0.39, 0.29) is 0 Å². The van der Waals surface area contributed by atoms with Crippen molar-refractivity contribution >= 4 is 5.82 Å². The summed E-state index contributed by atoms with van der Waals surface area (Å²) in [6.07, 6.45) is 4.11. The Hall–Kier alpha value is -1.87. The van der Waals surface area contributed by atoms with Crippen LogP contribution in [0.1, 0.15) is 29.9 Å². The molecule has 2 N–H and O–H groups in total. The zero-order valence-corrected chi connectivity index (χ0v) is 11.7. The summed E-state index contributed by atoms with van der Waals surface area (Å²) in [5.41, 5.74) is 8.61. The summed E-state index contributed by atoms with van der Waals surface area (Å²) in [5, 5.41) is 0. The molecule has 1 aliphatic heterocycles. The molecule has 0 radical (unpaired) electrons. The number of hydrogen-bond donors (Lipinski definition) is 1. The van der Waals surface area contributed by atoms with E-state index < -0.39 is 0 Å². The van der Waals surface area contributed by atoms with Gasteiger partial charge in [-0.15, -0.1) is 0 Å². The summed E-state index contributed by atoms with van der Waals surface area (Å²) in [4.78, 5) is 6.73. The minimum Gasteiger partial charge on any atom is -0.383 e. The van der Waals surface area contributed by atoms with Gasteiger partial charge in [0.2, 0.25) is 0 Å². The van der Waals surface area contributed by atoms with Crippen LogP contribution in [0.2, 0.25) is 0 Å². The Labute approximate surface area is 120 Å². The molecule has 2 heterocycles. The number of piperidine rings is 1. The number of likely N-dealkylation sites (tertiary alicyclic amines) is 1. The van der Waals surface area contributed by atoms with Crippen LogP contribution < -0.4 is 5.73 Å². The quantitative estimate of drug-likeness (QED) is 0.929. The van der Waals surface area contributed by atoms with Gasteiger partial charge in [-0.1, -0.05) is 36.4 Å². The van der Waals surface area contributed by atoms with Crippen LogP contribution in [-0.2, 0) is 6.54 Å². The molecule has 1 fully saturated rings. The molecule has 104 valence electrons. The molecule has 1 saturated heterocycles. The molecular formula is C17H21N3. The largest absolute Gasteiger partial charge is 0.383 e. The Kier molecular flexibility index (Phi) is 3.97. The summed E-state index contributed by atoms with van der Waals surface area (Å²) in [5.74, 6) is 1.27. The van der Waals surface area contributed by atoms with Crippen LogP contribution in [0.4, 0.5) is 5.82 Å². The van der Waals surface area contributed by atoms with Crippen LogP contribution in [0.25, 0.3) is 0 Å². The normalized spacial score (nSPS) is 17.2. The number of nitrogens with two attached hydrogens (primary N) is 1. The topological polar surface area (TPSA) is 42.1 Å². The van der Waals surface area contributed by atoms with Crippen LogP contribution >= 0.6 is 0 Å². The molecule has 0 amide bonds. The van der Waals surface area contributed by atoms with Gasteiger partial charge in [-0.05, 0) is 49.0 Å². The molecule has 0 atom stereocenters. The number of hydrogen-bond acceptors (Lipinski definition) is 3. The van der Waals surface area contributed by atoms with Crippen molar-refractivity contribution in [2.45, 2.75) is 25.3 Å². The Morgan fingerprint density at radius 2 is 1.80 bits per heavy atom. The highest BCUT2D eigenvalue weighted by Crippen LogP contribution is 2.30. The van der Waals surface area contributed by atoms with Crippen molar-refractivity contribution in [3.63, 3.8) is 0 Å². The molecule has 20 heavy (non-hydrogen) atoms. The van der Waals surface area contributed by atoms with Crippen molar-refractivity contribution in [2.24, 2.45) is 0 Å². The molecule has 0 aliphatic carbocycles. The lowest BCUT2D eigenvalue weighted by Gasteiger charge is -2.32.